The van der Waals surface area contributed by atoms with E-state index in [9.17, 15) is 4.79 Å². The molecule has 0 radical (unpaired) electrons. The summed E-state index contributed by atoms with van der Waals surface area (Å²) in [6.07, 6.45) is 0. The maximum atomic E-state index is 13.2. The van der Waals surface area contributed by atoms with E-state index in [0.717, 1.165) is 0 Å². The minimum absolute atomic E-state index is 0.00583. The lowest BCUT2D eigenvalue weighted by atomic mass is 10.1. The van der Waals surface area contributed by atoms with Crippen molar-refractivity contribution in [3.8, 4) is 0 Å². The first-order valence-corrected chi connectivity index (χ1v) is 24.4. The Morgan fingerprint density at radius 3 is 1.46 bits per heavy atom. The van der Waals surface area contributed by atoms with Gasteiger partial charge in [0.2, 0.25) is 0 Å². The predicted molar refractivity (Wildman–Crippen MR) is 117 cm³/mol. The number of carbonyl (C=O) groups is 1. The summed E-state index contributed by atoms with van der Waals surface area (Å²) in [5, 5.41) is 0. The standard InChI is InChI=1S/C18H36O2Si4/c1-20-18(19)17(16-14-12-11-13-15-16)24(21(2,3)4,22(5,6)7)23(8,9)10/h11-15,17H,1-10H3. The highest BCUT2D eigenvalue weighted by molar-refractivity contribution is 7.90. The van der Waals surface area contributed by atoms with E-state index in [-0.39, 0.29) is 11.5 Å². The van der Waals surface area contributed by atoms with Crippen molar-refractivity contribution in [2.75, 3.05) is 7.11 Å². The van der Waals surface area contributed by atoms with E-state index >= 15 is 0 Å². The van der Waals surface area contributed by atoms with Gasteiger partial charge < -0.3 is 4.74 Å². The van der Waals surface area contributed by atoms with Gasteiger partial charge in [-0.3, -0.25) is 4.79 Å². The van der Waals surface area contributed by atoms with Crippen molar-refractivity contribution in [2.45, 2.75) is 64.5 Å². The van der Waals surface area contributed by atoms with Crippen LogP contribution >= 0.6 is 0 Å². The summed E-state index contributed by atoms with van der Waals surface area (Å²) in [5.74, 6) is 0.0140. The van der Waals surface area contributed by atoms with Crippen LogP contribution in [0.4, 0.5) is 0 Å². The van der Waals surface area contributed by atoms with Crippen LogP contribution in [0.5, 0.6) is 0 Å². The topological polar surface area (TPSA) is 26.3 Å². The smallest absolute Gasteiger partial charge is 0.309 e. The summed E-state index contributed by atoms with van der Waals surface area (Å²) in [5.41, 5.74) is 1.19. The van der Waals surface area contributed by atoms with Crippen LogP contribution in [0.1, 0.15) is 11.1 Å². The SMILES string of the molecule is COC(=O)C(c1ccccc1)[Si]([Si](C)(C)C)([Si](C)(C)C)[Si](C)(C)C. The van der Waals surface area contributed by atoms with E-state index in [0.29, 0.717) is 0 Å². The van der Waals surface area contributed by atoms with Crippen molar-refractivity contribution in [3.05, 3.63) is 35.9 Å². The van der Waals surface area contributed by atoms with E-state index in [1.165, 1.54) is 5.56 Å². The fraction of sp³-hybridized carbons (Fsp3) is 0.611. The van der Waals surface area contributed by atoms with E-state index < -0.39 is 29.4 Å². The molecular formula is C18H36O2Si4. The van der Waals surface area contributed by atoms with Crippen LogP contribution in [0.15, 0.2) is 30.3 Å². The molecule has 0 aliphatic heterocycles. The third-order valence-electron chi connectivity index (χ3n) is 5.55. The lowest BCUT2D eigenvalue weighted by Gasteiger charge is -2.60. The Bertz CT molecular complexity index is 529. The van der Waals surface area contributed by atoms with Gasteiger partial charge in [0.1, 0.15) is 0 Å². The minimum atomic E-state index is -1.91. The Kier molecular flexibility index (Phi) is 6.35. The molecule has 0 aromatic heterocycles. The molecule has 1 aromatic rings. The zero-order chi connectivity index (χ0) is 19.0. The molecule has 0 bridgehead atoms. The normalized spacial score (nSPS) is 15.1. The lowest BCUT2D eigenvalue weighted by Crippen LogP contribution is -2.86. The Labute approximate surface area is 152 Å². The number of rotatable bonds is 6. The van der Waals surface area contributed by atoms with Crippen molar-refractivity contribution in [1.82, 2.24) is 0 Å². The average molecular weight is 397 g/mol. The molecule has 0 spiro atoms. The Hall–Kier alpha value is -0.442. The first-order chi connectivity index (χ1) is 10.7. The second kappa shape index (κ2) is 7.05. The van der Waals surface area contributed by atoms with E-state index in [2.05, 4.69) is 83.2 Å². The van der Waals surface area contributed by atoms with Crippen LogP contribution in [0.2, 0.25) is 58.9 Å². The summed E-state index contributed by atoms with van der Waals surface area (Å²) in [7, 11) is -3.15. The van der Waals surface area contributed by atoms with Crippen molar-refractivity contribution in [2.24, 2.45) is 0 Å². The fourth-order valence-corrected chi connectivity index (χ4v) is 108. The van der Waals surface area contributed by atoms with Gasteiger partial charge in [0, 0.05) is 22.8 Å². The van der Waals surface area contributed by atoms with Crippen LogP contribution in [0.25, 0.3) is 0 Å². The van der Waals surface area contributed by atoms with Crippen LogP contribution in [0, 0.1) is 0 Å². The Morgan fingerprint density at radius 2 is 1.17 bits per heavy atom. The second-order valence-electron chi connectivity index (χ2n) is 9.92. The lowest BCUT2D eigenvalue weighted by molar-refractivity contribution is -0.140. The van der Waals surface area contributed by atoms with Crippen molar-refractivity contribution in [1.29, 1.82) is 0 Å². The van der Waals surface area contributed by atoms with Gasteiger partial charge >= 0.3 is 5.97 Å². The monoisotopic (exact) mass is 396 g/mol. The van der Waals surface area contributed by atoms with Gasteiger partial charge in [0.05, 0.1) is 19.3 Å². The number of hydrogen-bond acceptors (Lipinski definition) is 2. The molecule has 0 saturated carbocycles. The van der Waals surface area contributed by atoms with Gasteiger partial charge in [-0.25, -0.2) is 0 Å². The first-order valence-electron chi connectivity index (χ1n) is 8.84. The number of hydrogen-bond donors (Lipinski definition) is 0. The van der Waals surface area contributed by atoms with Gasteiger partial charge in [0.15, 0.2) is 0 Å². The molecule has 0 heterocycles. The van der Waals surface area contributed by atoms with Gasteiger partial charge in [-0.05, 0) is 5.56 Å². The molecular weight excluding hydrogens is 361 g/mol. The van der Waals surface area contributed by atoms with Gasteiger partial charge in [0.25, 0.3) is 0 Å². The minimum Gasteiger partial charge on any atom is -0.469 e. The largest absolute Gasteiger partial charge is 0.469 e. The first kappa shape index (κ1) is 21.6. The predicted octanol–water partition coefficient (Wildman–Crippen LogP) is 5.18. The van der Waals surface area contributed by atoms with E-state index in [4.69, 9.17) is 4.74 Å². The van der Waals surface area contributed by atoms with Crippen molar-refractivity contribution < 1.29 is 9.53 Å². The Balaban J connectivity index is 3.94. The van der Waals surface area contributed by atoms with Crippen molar-refractivity contribution in [3.63, 3.8) is 0 Å². The molecule has 6 heteroatoms. The maximum absolute atomic E-state index is 13.2. The highest BCUT2D eigenvalue weighted by Gasteiger charge is 2.67. The average Bonchev–Trinajstić information content (AvgIpc) is 2.40. The van der Waals surface area contributed by atoms with Crippen molar-refractivity contribution >= 4 is 35.4 Å². The third-order valence-corrected chi connectivity index (χ3v) is 78.5. The molecule has 1 aromatic carbocycles. The molecule has 24 heavy (non-hydrogen) atoms. The molecule has 1 unspecified atom stereocenters. The summed E-state index contributed by atoms with van der Waals surface area (Å²) in [6.45, 7) is 20.8. The number of carbonyl (C=O) groups excluding carboxylic acids is 1. The zero-order valence-electron chi connectivity index (χ0n) is 17.3. The molecule has 0 aliphatic carbocycles. The summed E-state index contributed by atoms with van der Waals surface area (Å²) < 4.78 is 5.42. The Morgan fingerprint density at radius 1 is 0.792 bits per heavy atom. The van der Waals surface area contributed by atoms with Gasteiger partial charge in [-0.2, -0.15) is 0 Å². The highest BCUT2D eigenvalue weighted by Crippen LogP contribution is 2.46. The third kappa shape index (κ3) is 3.56. The summed E-state index contributed by atoms with van der Waals surface area (Å²) in [6, 6.07) is 10.5. The molecule has 0 aliphatic rings. The maximum Gasteiger partial charge on any atom is 0.309 e. The fourth-order valence-electron chi connectivity index (χ4n) is 6.00. The molecule has 2 nitrogen and oxygen atoms in total. The van der Waals surface area contributed by atoms with E-state index in [1.54, 1.807) is 7.11 Å². The molecule has 1 rings (SSSR count). The zero-order valence-corrected chi connectivity index (χ0v) is 21.3. The molecule has 0 fully saturated rings. The number of benzene rings is 1. The molecule has 0 amide bonds. The molecule has 136 valence electrons. The quantitative estimate of drug-likeness (QED) is 0.489. The summed E-state index contributed by atoms with van der Waals surface area (Å²) in [4.78, 5) is 13.2. The molecule has 0 N–H and O–H groups in total. The number of methoxy groups -OCH3 is 1. The summed E-state index contributed by atoms with van der Waals surface area (Å²) >= 11 is 0. The molecule has 0 saturated heterocycles. The van der Waals surface area contributed by atoms with Crippen LogP contribution < -0.4 is 0 Å². The van der Waals surface area contributed by atoms with Gasteiger partial charge in [-0.15, -0.1) is 0 Å². The van der Waals surface area contributed by atoms with Crippen LogP contribution in [0.3, 0.4) is 0 Å². The second-order valence-corrected chi connectivity index (χ2v) is 50.7. The molecule has 1 atom stereocenters. The van der Waals surface area contributed by atoms with Crippen LogP contribution in [-0.4, -0.2) is 42.5 Å². The highest BCUT2D eigenvalue weighted by atomic mass is 29.9. The number of esters is 1. The van der Waals surface area contributed by atoms with E-state index in [1.807, 2.05) is 6.07 Å². The van der Waals surface area contributed by atoms with Gasteiger partial charge in [-0.1, -0.05) is 89.3 Å². The number of ether oxygens (including phenoxy) is 1. The van der Waals surface area contributed by atoms with Crippen LogP contribution in [-0.2, 0) is 9.53 Å².